The number of anilines is 1. The lowest BCUT2D eigenvalue weighted by Crippen LogP contribution is -2.38. The number of nitrogens with one attached hydrogen (secondary N) is 1. The van der Waals surface area contributed by atoms with Crippen LogP contribution in [-0.2, 0) is 11.4 Å². The van der Waals surface area contributed by atoms with Gasteiger partial charge in [0.2, 0.25) is 5.91 Å². The molecule has 0 spiro atoms. The molecule has 1 aromatic rings. The highest BCUT2D eigenvalue weighted by Crippen LogP contribution is 2.28. The van der Waals surface area contributed by atoms with E-state index in [1.807, 2.05) is 13.8 Å². The lowest BCUT2D eigenvalue weighted by atomic mass is 10.1. The molecule has 0 radical (unpaired) electrons. The number of aliphatic hydroxyl groups excluding tert-OH is 1. The van der Waals surface area contributed by atoms with Gasteiger partial charge in [0.15, 0.2) is 0 Å². The summed E-state index contributed by atoms with van der Waals surface area (Å²) in [5.41, 5.74) is 0.669. The maximum absolute atomic E-state index is 11.7. The van der Waals surface area contributed by atoms with E-state index < -0.39 is 4.92 Å². The molecule has 0 heterocycles. The molecule has 7 heteroatoms. The minimum atomic E-state index is -0.522. The molecule has 1 amide bonds. The Morgan fingerprint density at radius 2 is 2.15 bits per heavy atom. The summed E-state index contributed by atoms with van der Waals surface area (Å²) in [7, 11) is 1.61. The van der Waals surface area contributed by atoms with E-state index in [1.54, 1.807) is 13.1 Å². The van der Waals surface area contributed by atoms with Crippen molar-refractivity contribution >= 4 is 17.3 Å². The third-order valence-corrected chi connectivity index (χ3v) is 2.66. The molecule has 1 rings (SSSR count). The summed E-state index contributed by atoms with van der Waals surface area (Å²) in [4.78, 5) is 23.7. The largest absolute Gasteiger partial charge is 0.392 e. The molecule has 0 aliphatic heterocycles. The first kappa shape index (κ1) is 15.9. The predicted molar refractivity (Wildman–Crippen MR) is 75.6 cm³/mol. The minimum absolute atomic E-state index is 0.0163. The summed E-state index contributed by atoms with van der Waals surface area (Å²) in [6.45, 7) is 3.45. The molecule has 0 aliphatic rings. The Bertz CT molecular complexity index is 502. The van der Waals surface area contributed by atoms with Gasteiger partial charge in [-0.05, 0) is 25.5 Å². The number of hydrogen-bond acceptors (Lipinski definition) is 5. The Balaban J connectivity index is 2.94. The molecule has 0 atom stereocenters. The fourth-order valence-corrected chi connectivity index (χ4v) is 1.80. The Hall–Kier alpha value is -2.15. The smallest absolute Gasteiger partial charge is 0.292 e. The van der Waals surface area contributed by atoms with Crippen LogP contribution >= 0.6 is 0 Å². The van der Waals surface area contributed by atoms with Crippen molar-refractivity contribution in [3.8, 4) is 0 Å². The monoisotopic (exact) mass is 281 g/mol. The Morgan fingerprint density at radius 3 is 2.65 bits per heavy atom. The van der Waals surface area contributed by atoms with Crippen LogP contribution in [0.15, 0.2) is 18.2 Å². The van der Waals surface area contributed by atoms with Crippen LogP contribution in [0.5, 0.6) is 0 Å². The van der Waals surface area contributed by atoms with Gasteiger partial charge < -0.3 is 15.3 Å². The Kier molecular flexibility index (Phi) is 5.45. The molecule has 0 unspecified atom stereocenters. The lowest BCUT2D eigenvalue weighted by molar-refractivity contribution is -0.384. The van der Waals surface area contributed by atoms with Gasteiger partial charge in [-0.15, -0.1) is 0 Å². The highest BCUT2D eigenvalue weighted by atomic mass is 16.6. The van der Waals surface area contributed by atoms with Crippen LogP contribution in [0.1, 0.15) is 19.4 Å². The second-order valence-corrected chi connectivity index (χ2v) is 4.82. The van der Waals surface area contributed by atoms with E-state index in [4.69, 9.17) is 5.11 Å². The van der Waals surface area contributed by atoms with Crippen molar-refractivity contribution in [2.24, 2.45) is 0 Å². The van der Waals surface area contributed by atoms with Crippen LogP contribution < -0.4 is 10.2 Å². The first-order valence-corrected chi connectivity index (χ1v) is 6.23. The maximum atomic E-state index is 11.7. The van der Waals surface area contributed by atoms with Gasteiger partial charge in [-0.3, -0.25) is 14.9 Å². The van der Waals surface area contributed by atoms with Gasteiger partial charge in [-0.1, -0.05) is 6.07 Å². The van der Waals surface area contributed by atoms with Crippen molar-refractivity contribution in [3.63, 3.8) is 0 Å². The Morgan fingerprint density at radius 1 is 1.50 bits per heavy atom. The van der Waals surface area contributed by atoms with Crippen LogP contribution in [0.3, 0.4) is 0 Å². The first-order valence-electron chi connectivity index (χ1n) is 6.23. The van der Waals surface area contributed by atoms with Crippen molar-refractivity contribution in [1.29, 1.82) is 0 Å². The number of likely N-dealkylation sites (N-methyl/N-ethyl adjacent to an activating group) is 1. The topological polar surface area (TPSA) is 95.7 Å². The summed E-state index contributed by atoms with van der Waals surface area (Å²) >= 11 is 0. The van der Waals surface area contributed by atoms with Crippen LogP contribution in [0.25, 0.3) is 0 Å². The molecule has 0 saturated heterocycles. The van der Waals surface area contributed by atoms with Gasteiger partial charge >= 0.3 is 0 Å². The molecule has 110 valence electrons. The summed E-state index contributed by atoms with van der Waals surface area (Å²) in [5, 5.41) is 22.8. The van der Waals surface area contributed by atoms with E-state index >= 15 is 0 Å². The van der Waals surface area contributed by atoms with E-state index in [2.05, 4.69) is 5.32 Å². The number of carbonyl (C=O) groups is 1. The molecule has 1 aromatic carbocycles. The van der Waals surface area contributed by atoms with Crippen molar-refractivity contribution in [3.05, 3.63) is 33.9 Å². The van der Waals surface area contributed by atoms with E-state index in [1.165, 1.54) is 17.0 Å². The number of carbonyl (C=O) groups excluding carboxylic acids is 1. The molecule has 7 nitrogen and oxygen atoms in total. The quantitative estimate of drug-likeness (QED) is 0.600. The highest BCUT2D eigenvalue weighted by Gasteiger charge is 2.19. The summed E-state index contributed by atoms with van der Waals surface area (Å²) in [5.74, 6) is -0.206. The van der Waals surface area contributed by atoms with Gasteiger partial charge in [0, 0.05) is 19.2 Å². The number of benzene rings is 1. The third-order valence-electron chi connectivity index (χ3n) is 2.66. The van der Waals surface area contributed by atoms with Crippen molar-refractivity contribution in [2.75, 3.05) is 18.5 Å². The molecule has 0 aliphatic carbocycles. The average molecular weight is 281 g/mol. The predicted octanol–water partition coefficient (Wildman–Crippen LogP) is 1.05. The van der Waals surface area contributed by atoms with Crippen LogP contribution in [-0.4, -0.2) is 35.6 Å². The minimum Gasteiger partial charge on any atom is -0.392 e. The zero-order chi connectivity index (χ0) is 15.3. The van der Waals surface area contributed by atoms with Crippen molar-refractivity contribution in [1.82, 2.24) is 5.32 Å². The van der Waals surface area contributed by atoms with Gasteiger partial charge in [0.05, 0.1) is 18.1 Å². The van der Waals surface area contributed by atoms with Crippen LogP contribution in [0.4, 0.5) is 11.4 Å². The van der Waals surface area contributed by atoms with E-state index in [-0.39, 0.29) is 30.8 Å². The number of amides is 1. The average Bonchev–Trinajstić information content (AvgIpc) is 2.36. The molecular weight excluding hydrogens is 262 g/mol. The number of nitro groups is 1. The van der Waals surface area contributed by atoms with Gasteiger partial charge in [0.1, 0.15) is 5.69 Å². The number of rotatable bonds is 6. The van der Waals surface area contributed by atoms with Crippen LogP contribution in [0.2, 0.25) is 0 Å². The third kappa shape index (κ3) is 4.20. The fourth-order valence-electron chi connectivity index (χ4n) is 1.80. The highest BCUT2D eigenvalue weighted by molar-refractivity contribution is 5.82. The Labute approximate surface area is 117 Å². The van der Waals surface area contributed by atoms with E-state index in [0.717, 1.165) is 0 Å². The number of hydrogen-bond donors (Lipinski definition) is 2. The molecule has 0 saturated carbocycles. The summed E-state index contributed by atoms with van der Waals surface area (Å²) in [6, 6.07) is 4.46. The van der Waals surface area contributed by atoms with E-state index in [9.17, 15) is 14.9 Å². The molecule has 20 heavy (non-hydrogen) atoms. The second kappa shape index (κ2) is 6.85. The molecule has 0 fully saturated rings. The molecule has 0 bridgehead atoms. The standard InChI is InChI=1S/C13H19N3O4/c1-9(2)14-13(18)7-15(3)11-5-4-10(8-17)6-12(11)16(19)20/h4-6,9,17H,7-8H2,1-3H3,(H,14,18). The zero-order valence-electron chi connectivity index (χ0n) is 11.8. The number of nitrogens with zero attached hydrogens (tertiary/aromatic N) is 2. The van der Waals surface area contributed by atoms with Crippen molar-refractivity contribution < 1.29 is 14.8 Å². The second-order valence-electron chi connectivity index (χ2n) is 4.82. The number of aliphatic hydroxyl groups is 1. The lowest BCUT2D eigenvalue weighted by Gasteiger charge is -2.19. The van der Waals surface area contributed by atoms with Crippen LogP contribution in [0, 0.1) is 10.1 Å². The van der Waals surface area contributed by atoms with E-state index in [0.29, 0.717) is 11.3 Å². The molecule has 0 aromatic heterocycles. The van der Waals surface area contributed by atoms with Gasteiger partial charge in [-0.2, -0.15) is 0 Å². The maximum Gasteiger partial charge on any atom is 0.292 e. The summed E-state index contributed by atoms with van der Waals surface area (Å²) < 4.78 is 0. The molecule has 2 N–H and O–H groups in total. The van der Waals surface area contributed by atoms with Gasteiger partial charge in [-0.25, -0.2) is 0 Å². The fraction of sp³-hybridized carbons (Fsp3) is 0.462. The SMILES string of the molecule is CC(C)NC(=O)CN(C)c1ccc(CO)cc1[N+](=O)[O-]. The normalized spacial score (nSPS) is 10.4. The zero-order valence-corrected chi connectivity index (χ0v) is 11.8. The molecular formula is C13H19N3O4. The first-order chi connectivity index (χ1) is 9.35. The summed E-state index contributed by atoms with van der Waals surface area (Å²) in [6.07, 6.45) is 0. The van der Waals surface area contributed by atoms with Gasteiger partial charge in [0.25, 0.3) is 5.69 Å². The number of nitro benzene ring substituents is 1. The van der Waals surface area contributed by atoms with Crippen molar-refractivity contribution in [2.45, 2.75) is 26.5 Å².